The van der Waals surface area contributed by atoms with E-state index in [1.165, 1.54) is 5.56 Å². The second kappa shape index (κ2) is 6.64. The first-order valence-electron chi connectivity index (χ1n) is 7.51. The molecule has 21 heavy (non-hydrogen) atoms. The van der Waals surface area contributed by atoms with Crippen molar-refractivity contribution in [1.29, 1.82) is 0 Å². The van der Waals surface area contributed by atoms with Crippen molar-refractivity contribution in [2.75, 3.05) is 13.2 Å². The maximum absolute atomic E-state index is 5.64. The summed E-state index contributed by atoms with van der Waals surface area (Å²) in [5.41, 5.74) is 1.23. The molecule has 2 heterocycles. The van der Waals surface area contributed by atoms with Crippen LogP contribution < -0.4 is 5.32 Å². The molecule has 1 fully saturated rings. The van der Waals surface area contributed by atoms with Crippen LogP contribution in [0.2, 0.25) is 0 Å². The minimum atomic E-state index is 0.127. The van der Waals surface area contributed by atoms with E-state index in [0.29, 0.717) is 12.0 Å². The molecule has 5 heteroatoms. The van der Waals surface area contributed by atoms with Gasteiger partial charge in [-0.2, -0.15) is 0 Å². The number of nitrogens with zero attached hydrogens (tertiary/aromatic N) is 2. The van der Waals surface area contributed by atoms with Gasteiger partial charge in [-0.1, -0.05) is 48.6 Å². The SMILES string of the molecule is CCNC(c1ccccc1)c1nnc(C2COC(C)C2)s1. The van der Waals surface area contributed by atoms with Gasteiger partial charge in [-0.3, -0.25) is 0 Å². The van der Waals surface area contributed by atoms with E-state index < -0.39 is 0 Å². The van der Waals surface area contributed by atoms with E-state index in [4.69, 9.17) is 4.74 Å². The molecule has 0 amide bonds. The van der Waals surface area contributed by atoms with Crippen molar-refractivity contribution in [3.05, 3.63) is 45.9 Å². The maximum Gasteiger partial charge on any atom is 0.139 e. The standard InChI is InChI=1S/C16H21N3OS/c1-3-17-14(12-7-5-4-6-8-12)16-19-18-15(21-16)13-9-11(2)20-10-13/h4-8,11,13-14,17H,3,9-10H2,1-2H3. The van der Waals surface area contributed by atoms with E-state index in [2.05, 4.69) is 53.6 Å². The highest BCUT2D eigenvalue weighted by Crippen LogP contribution is 2.33. The van der Waals surface area contributed by atoms with Crippen molar-refractivity contribution in [2.24, 2.45) is 0 Å². The van der Waals surface area contributed by atoms with Gasteiger partial charge in [-0.05, 0) is 25.5 Å². The zero-order valence-electron chi connectivity index (χ0n) is 12.5. The predicted molar refractivity (Wildman–Crippen MR) is 84.6 cm³/mol. The van der Waals surface area contributed by atoms with E-state index in [9.17, 15) is 0 Å². The van der Waals surface area contributed by atoms with Gasteiger partial charge in [0.1, 0.15) is 10.0 Å². The van der Waals surface area contributed by atoms with Crippen LogP contribution in [0.25, 0.3) is 0 Å². The molecule has 0 saturated carbocycles. The van der Waals surface area contributed by atoms with Crippen LogP contribution in [0.5, 0.6) is 0 Å². The van der Waals surface area contributed by atoms with Crippen molar-refractivity contribution >= 4 is 11.3 Å². The molecule has 1 aliphatic heterocycles. The van der Waals surface area contributed by atoms with Gasteiger partial charge in [0, 0.05) is 5.92 Å². The summed E-state index contributed by atoms with van der Waals surface area (Å²) >= 11 is 1.71. The lowest BCUT2D eigenvalue weighted by Gasteiger charge is -2.14. The van der Waals surface area contributed by atoms with Crippen LogP contribution >= 0.6 is 11.3 Å². The van der Waals surface area contributed by atoms with Crippen molar-refractivity contribution in [1.82, 2.24) is 15.5 Å². The molecule has 3 atom stereocenters. The fourth-order valence-electron chi connectivity index (χ4n) is 2.71. The maximum atomic E-state index is 5.64. The highest BCUT2D eigenvalue weighted by molar-refractivity contribution is 7.11. The number of hydrogen-bond acceptors (Lipinski definition) is 5. The second-order valence-electron chi connectivity index (χ2n) is 5.46. The molecule has 2 aromatic rings. The molecular formula is C16H21N3OS. The van der Waals surface area contributed by atoms with Crippen LogP contribution in [0.3, 0.4) is 0 Å². The number of aromatic nitrogens is 2. The lowest BCUT2D eigenvalue weighted by atomic mass is 10.1. The van der Waals surface area contributed by atoms with Gasteiger partial charge < -0.3 is 10.1 Å². The molecule has 1 saturated heterocycles. The van der Waals surface area contributed by atoms with Crippen LogP contribution in [-0.2, 0) is 4.74 Å². The van der Waals surface area contributed by atoms with Gasteiger partial charge in [0.05, 0.1) is 18.8 Å². The third kappa shape index (κ3) is 3.31. The Kier molecular flexibility index (Phi) is 4.63. The Morgan fingerprint density at radius 1 is 1.33 bits per heavy atom. The largest absolute Gasteiger partial charge is 0.378 e. The number of ether oxygens (including phenoxy) is 1. The number of benzene rings is 1. The predicted octanol–water partition coefficient (Wildman–Crippen LogP) is 3.13. The molecule has 4 nitrogen and oxygen atoms in total. The summed E-state index contributed by atoms with van der Waals surface area (Å²) in [6, 6.07) is 10.6. The Bertz CT molecular complexity index is 572. The molecule has 112 valence electrons. The quantitative estimate of drug-likeness (QED) is 0.922. The second-order valence-corrected chi connectivity index (χ2v) is 6.50. The van der Waals surface area contributed by atoms with Gasteiger partial charge >= 0.3 is 0 Å². The molecule has 0 aliphatic carbocycles. The Morgan fingerprint density at radius 2 is 2.14 bits per heavy atom. The van der Waals surface area contributed by atoms with Crippen LogP contribution in [-0.4, -0.2) is 29.5 Å². The van der Waals surface area contributed by atoms with Crippen molar-refractivity contribution < 1.29 is 4.74 Å². The van der Waals surface area contributed by atoms with E-state index >= 15 is 0 Å². The molecule has 1 aromatic heterocycles. The Balaban J connectivity index is 1.82. The molecule has 1 aliphatic rings. The Labute approximate surface area is 129 Å². The highest BCUT2D eigenvalue weighted by Gasteiger charge is 2.28. The fourth-order valence-corrected chi connectivity index (χ4v) is 3.76. The normalized spacial score (nSPS) is 23.3. The molecule has 0 radical (unpaired) electrons. The molecule has 0 spiro atoms. The monoisotopic (exact) mass is 303 g/mol. The summed E-state index contributed by atoms with van der Waals surface area (Å²) in [6.07, 6.45) is 1.38. The number of nitrogens with one attached hydrogen (secondary N) is 1. The van der Waals surface area contributed by atoms with E-state index in [1.807, 2.05) is 6.07 Å². The minimum Gasteiger partial charge on any atom is -0.378 e. The topological polar surface area (TPSA) is 47.0 Å². The first-order valence-corrected chi connectivity index (χ1v) is 8.32. The van der Waals surface area contributed by atoms with Gasteiger partial charge in [0.2, 0.25) is 0 Å². The van der Waals surface area contributed by atoms with Gasteiger partial charge in [-0.15, -0.1) is 10.2 Å². The third-order valence-corrected chi connectivity index (χ3v) is 4.94. The third-order valence-electron chi connectivity index (χ3n) is 3.79. The van der Waals surface area contributed by atoms with Gasteiger partial charge in [0.25, 0.3) is 0 Å². The lowest BCUT2D eigenvalue weighted by molar-refractivity contribution is 0.123. The summed E-state index contributed by atoms with van der Waals surface area (Å²) in [7, 11) is 0. The van der Waals surface area contributed by atoms with E-state index in [1.54, 1.807) is 11.3 Å². The minimum absolute atomic E-state index is 0.127. The summed E-state index contributed by atoms with van der Waals surface area (Å²) in [4.78, 5) is 0. The van der Waals surface area contributed by atoms with Crippen molar-refractivity contribution in [3.8, 4) is 0 Å². The molecule has 3 unspecified atom stereocenters. The molecule has 0 bridgehead atoms. The van der Waals surface area contributed by atoms with Crippen LogP contribution in [0.4, 0.5) is 0 Å². The molecular weight excluding hydrogens is 282 g/mol. The number of rotatable bonds is 5. The first kappa shape index (κ1) is 14.6. The molecule has 3 rings (SSSR count). The summed E-state index contributed by atoms with van der Waals surface area (Å²) in [5, 5.41) is 14.5. The van der Waals surface area contributed by atoms with Gasteiger partial charge in [0.15, 0.2) is 0 Å². The number of hydrogen-bond donors (Lipinski definition) is 1. The zero-order valence-corrected chi connectivity index (χ0v) is 13.3. The lowest BCUT2D eigenvalue weighted by Crippen LogP contribution is -2.21. The fraction of sp³-hybridized carbons (Fsp3) is 0.500. The average molecular weight is 303 g/mol. The molecule has 1 N–H and O–H groups in total. The van der Waals surface area contributed by atoms with Crippen LogP contribution in [0, 0.1) is 0 Å². The van der Waals surface area contributed by atoms with E-state index in [0.717, 1.165) is 29.6 Å². The average Bonchev–Trinajstić information content (AvgIpc) is 3.14. The smallest absolute Gasteiger partial charge is 0.139 e. The Hall–Kier alpha value is -1.30. The van der Waals surface area contributed by atoms with Crippen molar-refractivity contribution in [2.45, 2.75) is 38.3 Å². The van der Waals surface area contributed by atoms with Crippen LogP contribution in [0.15, 0.2) is 30.3 Å². The van der Waals surface area contributed by atoms with Crippen molar-refractivity contribution in [3.63, 3.8) is 0 Å². The van der Waals surface area contributed by atoms with E-state index in [-0.39, 0.29) is 6.04 Å². The highest BCUT2D eigenvalue weighted by atomic mass is 32.1. The van der Waals surface area contributed by atoms with Crippen LogP contribution in [0.1, 0.15) is 47.8 Å². The summed E-state index contributed by atoms with van der Waals surface area (Å²) in [5.74, 6) is 0.407. The summed E-state index contributed by atoms with van der Waals surface area (Å²) in [6.45, 7) is 5.91. The molecule has 1 aromatic carbocycles. The first-order chi connectivity index (χ1) is 10.3. The zero-order chi connectivity index (χ0) is 14.7. The Morgan fingerprint density at radius 3 is 2.81 bits per heavy atom. The summed E-state index contributed by atoms with van der Waals surface area (Å²) < 4.78 is 5.64. The van der Waals surface area contributed by atoms with Gasteiger partial charge in [-0.25, -0.2) is 0 Å².